The molecule has 0 radical (unpaired) electrons. The second-order valence-corrected chi connectivity index (χ2v) is 7.39. The standard InChI is InChI=1S/C19H15ClN2O3S/c1-2-22(19-21-14-10-12(20)7-8-16(14)26-19)17(23)15-9-11-5-3-4-6-13(11)18(24)25-15/h3-8,10,15H,2,9H2,1H3. The highest BCUT2D eigenvalue weighted by Gasteiger charge is 2.34. The third-order valence-corrected chi connectivity index (χ3v) is 5.61. The second kappa shape index (κ2) is 6.70. The van der Waals surface area contributed by atoms with Gasteiger partial charge in [-0.15, -0.1) is 0 Å². The van der Waals surface area contributed by atoms with Crippen molar-refractivity contribution in [2.45, 2.75) is 19.4 Å². The summed E-state index contributed by atoms with van der Waals surface area (Å²) in [7, 11) is 0. The van der Waals surface area contributed by atoms with Crippen LogP contribution in [-0.4, -0.2) is 29.5 Å². The molecule has 1 amide bonds. The van der Waals surface area contributed by atoms with Crippen molar-refractivity contribution >= 4 is 50.2 Å². The van der Waals surface area contributed by atoms with Crippen molar-refractivity contribution in [3.05, 3.63) is 58.6 Å². The fraction of sp³-hybridized carbons (Fsp3) is 0.211. The molecule has 0 bridgehead atoms. The number of carbonyl (C=O) groups is 2. The van der Waals surface area contributed by atoms with Crippen LogP contribution in [-0.2, 0) is 16.0 Å². The van der Waals surface area contributed by atoms with Gasteiger partial charge in [-0.3, -0.25) is 9.69 Å². The maximum absolute atomic E-state index is 13.0. The molecule has 7 heteroatoms. The number of nitrogens with zero attached hydrogens (tertiary/aromatic N) is 2. The summed E-state index contributed by atoms with van der Waals surface area (Å²) in [4.78, 5) is 31.3. The first-order chi connectivity index (χ1) is 12.6. The van der Waals surface area contributed by atoms with Crippen molar-refractivity contribution in [1.29, 1.82) is 0 Å². The normalized spacial score (nSPS) is 16.2. The van der Waals surface area contributed by atoms with Gasteiger partial charge in [0.2, 0.25) is 0 Å². The summed E-state index contributed by atoms with van der Waals surface area (Å²) in [5.74, 6) is -0.724. The number of carbonyl (C=O) groups excluding carboxylic acids is 2. The number of anilines is 1. The van der Waals surface area contributed by atoms with Crippen LogP contribution in [0.5, 0.6) is 0 Å². The summed E-state index contributed by atoms with van der Waals surface area (Å²) < 4.78 is 6.34. The first kappa shape index (κ1) is 17.0. The molecular formula is C19H15ClN2O3S. The number of halogens is 1. The zero-order valence-electron chi connectivity index (χ0n) is 13.9. The quantitative estimate of drug-likeness (QED) is 0.636. The lowest BCUT2D eigenvalue weighted by atomic mass is 9.98. The second-order valence-electron chi connectivity index (χ2n) is 5.95. The van der Waals surface area contributed by atoms with E-state index >= 15 is 0 Å². The van der Waals surface area contributed by atoms with Crippen LogP contribution in [0.25, 0.3) is 10.2 Å². The molecule has 1 aromatic heterocycles. The monoisotopic (exact) mass is 386 g/mol. The van der Waals surface area contributed by atoms with Gasteiger partial charge in [0.15, 0.2) is 11.2 Å². The van der Waals surface area contributed by atoms with Crippen molar-refractivity contribution in [3.8, 4) is 0 Å². The van der Waals surface area contributed by atoms with Crippen molar-refractivity contribution in [3.63, 3.8) is 0 Å². The minimum atomic E-state index is -0.840. The maximum atomic E-state index is 13.0. The predicted molar refractivity (Wildman–Crippen MR) is 102 cm³/mol. The number of aromatic nitrogens is 1. The summed E-state index contributed by atoms with van der Waals surface area (Å²) in [5.41, 5.74) is 2.10. The molecule has 0 N–H and O–H groups in total. The minimum absolute atomic E-state index is 0.263. The predicted octanol–water partition coefficient (Wildman–Crippen LogP) is 4.08. The highest BCUT2D eigenvalue weighted by atomic mass is 35.5. The Bertz CT molecular complexity index is 1020. The van der Waals surface area contributed by atoms with Crippen LogP contribution >= 0.6 is 22.9 Å². The van der Waals surface area contributed by atoms with E-state index in [0.717, 1.165) is 15.8 Å². The first-order valence-electron chi connectivity index (χ1n) is 8.23. The Morgan fingerprint density at radius 1 is 1.35 bits per heavy atom. The average molecular weight is 387 g/mol. The SMILES string of the molecule is CCN(C(=O)C1Cc2ccccc2C(=O)O1)c1nc2cc(Cl)ccc2s1. The molecule has 0 saturated carbocycles. The van der Waals surface area contributed by atoms with Gasteiger partial charge in [0.25, 0.3) is 5.91 Å². The van der Waals surface area contributed by atoms with E-state index in [9.17, 15) is 9.59 Å². The van der Waals surface area contributed by atoms with Gasteiger partial charge in [-0.2, -0.15) is 0 Å². The van der Waals surface area contributed by atoms with Gasteiger partial charge in [0, 0.05) is 18.0 Å². The topological polar surface area (TPSA) is 59.5 Å². The Morgan fingerprint density at radius 2 is 2.15 bits per heavy atom. The highest BCUT2D eigenvalue weighted by molar-refractivity contribution is 7.22. The number of rotatable bonds is 3. The van der Waals surface area contributed by atoms with Gasteiger partial charge < -0.3 is 4.74 Å². The molecule has 1 unspecified atom stereocenters. The largest absolute Gasteiger partial charge is 0.448 e. The van der Waals surface area contributed by atoms with Crippen LogP contribution in [0.3, 0.4) is 0 Å². The van der Waals surface area contributed by atoms with Crippen molar-refractivity contribution in [2.24, 2.45) is 0 Å². The van der Waals surface area contributed by atoms with E-state index in [1.54, 1.807) is 29.2 Å². The lowest BCUT2D eigenvalue weighted by Gasteiger charge is -2.27. The molecule has 1 atom stereocenters. The number of fused-ring (bicyclic) bond motifs is 2. The van der Waals surface area contributed by atoms with E-state index in [1.807, 2.05) is 25.1 Å². The summed E-state index contributed by atoms with van der Waals surface area (Å²) in [6, 6.07) is 12.7. The average Bonchev–Trinajstić information content (AvgIpc) is 3.04. The van der Waals surface area contributed by atoms with Crippen LogP contribution in [0.2, 0.25) is 5.02 Å². The van der Waals surface area contributed by atoms with Gasteiger partial charge in [0.05, 0.1) is 15.8 Å². The van der Waals surface area contributed by atoms with Crippen molar-refractivity contribution < 1.29 is 14.3 Å². The zero-order chi connectivity index (χ0) is 18.3. The molecule has 2 heterocycles. The van der Waals surface area contributed by atoms with Crippen LogP contribution < -0.4 is 4.90 Å². The number of benzene rings is 2. The number of cyclic esters (lactones) is 1. The molecule has 0 fully saturated rings. The number of ether oxygens (including phenoxy) is 1. The highest BCUT2D eigenvalue weighted by Crippen LogP contribution is 2.32. The molecule has 26 heavy (non-hydrogen) atoms. The number of thiazole rings is 1. The Hall–Kier alpha value is -2.44. The van der Waals surface area contributed by atoms with E-state index in [4.69, 9.17) is 16.3 Å². The molecule has 5 nitrogen and oxygen atoms in total. The lowest BCUT2D eigenvalue weighted by molar-refractivity contribution is -0.127. The van der Waals surface area contributed by atoms with Gasteiger partial charge in [-0.05, 0) is 36.8 Å². The first-order valence-corrected chi connectivity index (χ1v) is 9.42. The molecule has 1 aliphatic heterocycles. The molecule has 0 saturated heterocycles. The molecule has 2 aromatic carbocycles. The van der Waals surface area contributed by atoms with Crippen molar-refractivity contribution in [2.75, 3.05) is 11.4 Å². The summed E-state index contributed by atoms with van der Waals surface area (Å²) in [6.07, 6.45) is -0.471. The van der Waals surface area contributed by atoms with Crippen LogP contribution in [0, 0.1) is 0 Å². The van der Waals surface area contributed by atoms with Crippen molar-refractivity contribution in [1.82, 2.24) is 4.98 Å². The molecule has 0 aliphatic carbocycles. The lowest BCUT2D eigenvalue weighted by Crippen LogP contribution is -2.44. The number of esters is 1. The smallest absolute Gasteiger partial charge is 0.339 e. The fourth-order valence-corrected chi connectivity index (χ4v) is 4.21. The number of amides is 1. The zero-order valence-corrected chi connectivity index (χ0v) is 15.5. The number of hydrogen-bond donors (Lipinski definition) is 0. The van der Waals surface area contributed by atoms with Crippen LogP contribution in [0.1, 0.15) is 22.8 Å². The van der Waals surface area contributed by atoms with Gasteiger partial charge in [0.1, 0.15) is 0 Å². The molecule has 4 rings (SSSR count). The number of hydrogen-bond acceptors (Lipinski definition) is 5. The van der Waals surface area contributed by atoms with E-state index in [1.165, 1.54) is 11.3 Å². The molecule has 3 aromatic rings. The van der Waals surface area contributed by atoms with E-state index in [0.29, 0.717) is 28.7 Å². The summed E-state index contributed by atoms with van der Waals surface area (Å²) in [6.45, 7) is 2.30. The minimum Gasteiger partial charge on any atom is -0.448 e. The summed E-state index contributed by atoms with van der Waals surface area (Å²) >= 11 is 7.43. The fourth-order valence-electron chi connectivity index (χ4n) is 3.03. The molecule has 0 spiro atoms. The van der Waals surface area contributed by atoms with E-state index < -0.39 is 12.1 Å². The Balaban J connectivity index is 1.64. The summed E-state index contributed by atoms with van der Waals surface area (Å²) in [5, 5.41) is 1.17. The molecule has 1 aliphatic rings. The third-order valence-electron chi connectivity index (χ3n) is 4.32. The van der Waals surface area contributed by atoms with Gasteiger partial charge >= 0.3 is 5.97 Å². The number of likely N-dealkylation sites (N-methyl/N-ethyl adjacent to an activating group) is 1. The molecular weight excluding hydrogens is 372 g/mol. The van der Waals surface area contributed by atoms with Crippen LogP contribution in [0.15, 0.2) is 42.5 Å². The van der Waals surface area contributed by atoms with E-state index in [2.05, 4.69) is 4.98 Å². The van der Waals surface area contributed by atoms with Gasteiger partial charge in [-0.1, -0.05) is 41.1 Å². The Kier molecular flexibility index (Phi) is 4.38. The van der Waals surface area contributed by atoms with Gasteiger partial charge in [-0.25, -0.2) is 9.78 Å². The Morgan fingerprint density at radius 3 is 2.96 bits per heavy atom. The maximum Gasteiger partial charge on any atom is 0.339 e. The molecule has 132 valence electrons. The Labute approximate surface area is 159 Å². The van der Waals surface area contributed by atoms with Crippen LogP contribution in [0.4, 0.5) is 5.13 Å². The van der Waals surface area contributed by atoms with E-state index in [-0.39, 0.29) is 5.91 Å². The third kappa shape index (κ3) is 2.95.